The van der Waals surface area contributed by atoms with E-state index in [1.165, 1.54) is 32.4 Å². The Morgan fingerprint density at radius 2 is 2.29 bits per heavy atom. The van der Waals surface area contributed by atoms with Gasteiger partial charge in [0.1, 0.15) is 0 Å². The Morgan fingerprint density at radius 1 is 1.53 bits per heavy atom. The molecule has 1 fully saturated rings. The monoisotopic (exact) mass is 238 g/mol. The van der Waals surface area contributed by atoms with E-state index >= 15 is 0 Å². The Morgan fingerprint density at radius 3 is 2.88 bits per heavy atom. The zero-order valence-electron chi connectivity index (χ0n) is 10.1. The van der Waals surface area contributed by atoms with Gasteiger partial charge in [0.05, 0.1) is 7.11 Å². The van der Waals surface area contributed by atoms with Crippen molar-refractivity contribution >= 4 is 0 Å². The Kier molecular flexibility index (Phi) is 3.97. The topological polar surface area (TPSA) is 47.3 Å². The van der Waals surface area contributed by atoms with E-state index in [2.05, 4.69) is 5.43 Å². The SMILES string of the molecule is COc1cc(C(CCC2CC2)NN)ccc1F. The van der Waals surface area contributed by atoms with Crippen LogP contribution >= 0.6 is 0 Å². The summed E-state index contributed by atoms with van der Waals surface area (Å²) in [6.45, 7) is 0. The number of nitrogens with two attached hydrogens (primary N) is 1. The molecule has 1 aromatic carbocycles. The molecular weight excluding hydrogens is 219 g/mol. The molecule has 0 radical (unpaired) electrons. The summed E-state index contributed by atoms with van der Waals surface area (Å²) >= 11 is 0. The molecule has 1 aliphatic rings. The fraction of sp³-hybridized carbons (Fsp3) is 0.538. The smallest absolute Gasteiger partial charge is 0.165 e. The molecular formula is C13H19FN2O. The molecule has 3 N–H and O–H groups in total. The van der Waals surface area contributed by atoms with Crippen LogP contribution in [0, 0.1) is 11.7 Å². The molecule has 1 atom stereocenters. The predicted molar refractivity (Wildman–Crippen MR) is 65.0 cm³/mol. The number of hydrogen-bond donors (Lipinski definition) is 2. The first-order valence-corrected chi connectivity index (χ1v) is 6.04. The van der Waals surface area contributed by atoms with Gasteiger partial charge in [0, 0.05) is 6.04 Å². The van der Waals surface area contributed by atoms with Gasteiger partial charge in [0.15, 0.2) is 11.6 Å². The van der Waals surface area contributed by atoms with Gasteiger partial charge >= 0.3 is 0 Å². The van der Waals surface area contributed by atoms with Crippen LogP contribution in [-0.4, -0.2) is 7.11 Å². The molecule has 0 amide bonds. The number of halogens is 1. The standard InChI is InChI=1S/C13H19FN2O/c1-17-13-8-10(5-6-11(13)14)12(16-15)7-4-9-2-3-9/h5-6,8-9,12,16H,2-4,7,15H2,1H3. The Hall–Kier alpha value is -1.13. The van der Waals surface area contributed by atoms with Crippen molar-refractivity contribution in [3.63, 3.8) is 0 Å². The van der Waals surface area contributed by atoms with Crippen LogP contribution in [0.25, 0.3) is 0 Å². The maximum Gasteiger partial charge on any atom is 0.165 e. The third-order valence-corrected chi connectivity index (χ3v) is 3.34. The number of hydrogen-bond acceptors (Lipinski definition) is 3. The third-order valence-electron chi connectivity index (χ3n) is 3.34. The molecule has 1 saturated carbocycles. The van der Waals surface area contributed by atoms with Crippen LogP contribution in [0.4, 0.5) is 4.39 Å². The lowest BCUT2D eigenvalue weighted by Gasteiger charge is -2.17. The Labute approximate surface area is 101 Å². The van der Waals surface area contributed by atoms with Gasteiger partial charge in [-0.1, -0.05) is 18.9 Å². The van der Waals surface area contributed by atoms with Gasteiger partial charge in [-0.15, -0.1) is 0 Å². The van der Waals surface area contributed by atoms with E-state index in [0.29, 0.717) is 0 Å². The number of nitrogens with one attached hydrogen (secondary N) is 1. The maximum atomic E-state index is 13.3. The molecule has 0 spiro atoms. The van der Waals surface area contributed by atoms with Crippen molar-refractivity contribution in [2.45, 2.75) is 31.7 Å². The summed E-state index contributed by atoms with van der Waals surface area (Å²) in [5.74, 6) is 6.36. The zero-order valence-corrected chi connectivity index (χ0v) is 10.1. The fourth-order valence-electron chi connectivity index (χ4n) is 2.05. The fourth-order valence-corrected chi connectivity index (χ4v) is 2.05. The number of rotatable bonds is 6. The first-order chi connectivity index (χ1) is 8.24. The van der Waals surface area contributed by atoms with Gasteiger partial charge in [0.2, 0.25) is 0 Å². The second kappa shape index (κ2) is 5.47. The van der Waals surface area contributed by atoms with Crippen LogP contribution in [0.3, 0.4) is 0 Å². The summed E-state index contributed by atoms with van der Waals surface area (Å²) in [4.78, 5) is 0. The van der Waals surface area contributed by atoms with Crippen LogP contribution in [0.15, 0.2) is 18.2 Å². The highest BCUT2D eigenvalue weighted by Gasteiger charge is 2.23. The lowest BCUT2D eigenvalue weighted by atomic mass is 10.0. The normalized spacial score (nSPS) is 16.9. The average molecular weight is 238 g/mol. The highest BCUT2D eigenvalue weighted by Crippen LogP contribution is 2.36. The molecule has 3 nitrogen and oxygen atoms in total. The van der Waals surface area contributed by atoms with Crippen LogP contribution in [0.1, 0.15) is 37.3 Å². The number of benzene rings is 1. The molecule has 17 heavy (non-hydrogen) atoms. The van der Waals surface area contributed by atoms with Crippen LogP contribution in [0.2, 0.25) is 0 Å². The molecule has 1 aromatic rings. The molecule has 4 heteroatoms. The lowest BCUT2D eigenvalue weighted by molar-refractivity contribution is 0.384. The highest BCUT2D eigenvalue weighted by molar-refractivity contribution is 5.32. The lowest BCUT2D eigenvalue weighted by Crippen LogP contribution is -2.28. The van der Waals surface area contributed by atoms with Crippen molar-refractivity contribution in [1.82, 2.24) is 5.43 Å². The average Bonchev–Trinajstić information content (AvgIpc) is 3.15. The van der Waals surface area contributed by atoms with Crippen LogP contribution in [0.5, 0.6) is 5.75 Å². The van der Waals surface area contributed by atoms with Gasteiger partial charge in [0.25, 0.3) is 0 Å². The van der Waals surface area contributed by atoms with Gasteiger partial charge < -0.3 is 4.74 Å². The first-order valence-electron chi connectivity index (χ1n) is 6.04. The number of methoxy groups -OCH3 is 1. The minimum atomic E-state index is -0.339. The minimum absolute atomic E-state index is 0.0742. The molecule has 1 unspecified atom stereocenters. The molecule has 0 heterocycles. The molecule has 94 valence electrons. The highest BCUT2D eigenvalue weighted by atomic mass is 19.1. The number of ether oxygens (including phenoxy) is 1. The van der Waals surface area contributed by atoms with Crippen LogP contribution in [-0.2, 0) is 0 Å². The van der Waals surface area contributed by atoms with Gasteiger partial charge in [-0.3, -0.25) is 11.3 Å². The summed E-state index contributed by atoms with van der Waals surface area (Å²) in [6.07, 6.45) is 4.83. The van der Waals surface area contributed by atoms with E-state index in [4.69, 9.17) is 10.6 Å². The van der Waals surface area contributed by atoms with E-state index < -0.39 is 0 Å². The summed E-state index contributed by atoms with van der Waals surface area (Å²) in [5, 5.41) is 0. The number of hydrazine groups is 1. The third kappa shape index (κ3) is 3.17. The predicted octanol–water partition coefficient (Wildman–Crippen LogP) is 2.53. The second-order valence-electron chi connectivity index (χ2n) is 4.63. The Balaban J connectivity index is 2.05. The largest absolute Gasteiger partial charge is 0.494 e. The van der Waals surface area contributed by atoms with Crippen molar-refractivity contribution in [2.24, 2.45) is 11.8 Å². The van der Waals surface area contributed by atoms with Crippen molar-refractivity contribution in [2.75, 3.05) is 7.11 Å². The van der Waals surface area contributed by atoms with Crippen molar-refractivity contribution in [3.8, 4) is 5.75 Å². The molecule has 2 rings (SSSR count). The van der Waals surface area contributed by atoms with Gasteiger partial charge in [-0.2, -0.15) is 0 Å². The van der Waals surface area contributed by atoms with E-state index in [0.717, 1.165) is 17.9 Å². The maximum absolute atomic E-state index is 13.3. The molecule has 0 aliphatic heterocycles. The van der Waals surface area contributed by atoms with E-state index in [1.807, 2.05) is 0 Å². The molecule has 0 aromatic heterocycles. The van der Waals surface area contributed by atoms with E-state index in [-0.39, 0.29) is 17.6 Å². The molecule has 1 aliphatic carbocycles. The van der Waals surface area contributed by atoms with E-state index in [9.17, 15) is 4.39 Å². The summed E-state index contributed by atoms with van der Waals surface area (Å²) in [7, 11) is 1.47. The first kappa shape index (κ1) is 12.3. The van der Waals surface area contributed by atoms with Crippen molar-refractivity contribution in [1.29, 1.82) is 0 Å². The second-order valence-corrected chi connectivity index (χ2v) is 4.63. The Bertz CT molecular complexity index is 380. The molecule has 0 bridgehead atoms. The minimum Gasteiger partial charge on any atom is -0.494 e. The van der Waals surface area contributed by atoms with Gasteiger partial charge in [-0.25, -0.2) is 4.39 Å². The van der Waals surface area contributed by atoms with Gasteiger partial charge in [-0.05, 0) is 36.5 Å². The quantitative estimate of drug-likeness (QED) is 0.591. The summed E-state index contributed by atoms with van der Waals surface area (Å²) < 4.78 is 18.3. The van der Waals surface area contributed by atoms with Crippen molar-refractivity contribution in [3.05, 3.63) is 29.6 Å². The molecule has 0 saturated heterocycles. The van der Waals surface area contributed by atoms with E-state index in [1.54, 1.807) is 12.1 Å². The summed E-state index contributed by atoms with van der Waals surface area (Å²) in [5.41, 5.74) is 3.77. The zero-order chi connectivity index (χ0) is 12.3. The van der Waals surface area contributed by atoms with Crippen molar-refractivity contribution < 1.29 is 9.13 Å². The van der Waals surface area contributed by atoms with Crippen LogP contribution < -0.4 is 16.0 Å². The summed E-state index contributed by atoms with van der Waals surface area (Å²) in [6, 6.07) is 4.97.